The van der Waals surface area contributed by atoms with Crippen molar-refractivity contribution in [2.24, 2.45) is 5.10 Å². The van der Waals surface area contributed by atoms with Crippen molar-refractivity contribution >= 4 is 28.6 Å². The molecule has 4 aromatic rings. The van der Waals surface area contributed by atoms with Gasteiger partial charge in [0.2, 0.25) is 0 Å². The van der Waals surface area contributed by atoms with E-state index in [1.54, 1.807) is 12.3 Å². The second-order valence-corrected chi connectivity index (χ2v) is 7.96. The van der Waals surface area contributed by atoms with E-state index in [2.05, 4.69) is 51.1 Å². The van der Waals surface area contributed by atoms with Crippen molar-refractivity contribution in [1.29, 1.82) is 0 Å². The van der Waals surface area contributed by atoms with E-state index in [4.69, 9.17) is 0 Å². The summed E-state index contributed by atoms with van der Waals surface area (Å²) in [5.41, 5.74) is 9.50. The number of hydrogen-bond acceptors (Lipinski definition) is 4. The summed E-state index contributed by atoms with van der Waals surface area (Å²) in [4.78, 5) is 14.5. The van der Waals surface area contributed by atoms with E-state index >= 15 is 0 Å². The SMILES string of the molecule is CN(C)c1ccc(/C=N\NC(=O)c2cc(-c3ccc4c5c(cccc35)CC4)n[nH]2)cc1. The van der Waals surface area contributed by atoms with E-state index in [1.165, 1.54) is 21.9 Å². The minimum absolute atomic E-state index is 0.328. The third-order valence-corrected chi connectivity index (χ3v) is 5.76. The summed E-state index contributed by atoms with van der Waals surface area (Å²) in [6.45, 7) is 0. The number of H-pyrrole nitrogens is 1. The zero-order valence-corrected chi connectivity index (χ0v) is 17.5. The molecule has 3 aromatic carbocycles. The molecule has 154 valence electrons. The van der Waals surface area contributed by atoms with E-state index in [1.807, 2.05) is 43.3 Å². The number of benzene rings is 3. The van der Waals surface area contributed by atoms with E-state index in [-0.39, 0.29) is 5.91 Å². The summed E-state index contributed by atoms with van der Waals surface area (Å²) in [6, 6.07) is 20.4. The summed E-state index contributed by atoms with van der Waals surface area (Å²) >= 11 is 0. The molecule has 0 atom stereocenters. The summed E-state index contributed by atoms with van der Waals surface area (Å²) in [6.07, 6.45) is 3.79. The fraction of sp³-hybridized carbons (Fsp3) is 0.160. The maximum atomic E-state index is 12.5. The van der Waals surface area contributed by atoms with Gasteiger partial charge >= 0.3 is 0 Å². The minimum Gasteiger partial charge on any atom is -0.378 e. The van der Waals surface area contributed by atoms with Gasteiger partial charge in [0, 0.05) is 25.3 Å². The standard InChI is InChI=1S/C25H23N5O/c1-30(2)19-11-6-16(7-12-19)15-26-29-25(31)23-14-22(27-28-23)20-13-10-18-9-8-17-4-3-5-21(20)24(17)18/h3-7,10-15H,8-9H2,1-2H3,(H,27,28)(H,29,31)/b26-15-. The van der Waals surface area contributed by atoms with Gasteiger partial charge in [-0.15, -0.1) is 0 Å². The van der Waals surface area contributed by atoms with E-state index in [0.29, 0.717) is 5.69 Å². The first kappa shape index (κ1) is 19.1. The van der Waals surface area contributed by atoms with Gasteiger partial charge in [-0.1, -0.05) is 42.5 Å². The minimum atomic E-state index is -0.328. The van der Waals surface area contributed by atoms with Crippen LogP contribution in [0.15, 0.2) is 65.8 Å². The maximum absolute atomic E-state index is 12.5. The van der Waals surface area contributed by atoms with Crippen molar-refractivity contribution in [1.82, 2.24) is 15.6 Å². The van der Waals surface area contributed by atoms with Crippen LogP contribution >= 0.6 is 0 Å². The van der Waals surface area contributed by atoms with Gasteiger partial charge in [0.15, 0.2) is 0 Å². The molecule has 1 amide bonds. The Morgan fingerprint density at radius 1 is 1.06 bits per heavy atom. The molecule has 0 saturated heterocycles. The number of nitrogens with one attached hydrogen (secondary N) is 2. The van der Waals surface area contributed by atoms with Crippen LogP contribution < -0.4 is 10.3 Å². The molecule has 31 heavy (non-hydrogen) atoms. The zero-order chi connectivity index (χ0) is 21.4. The van der Waals surface area contributed by atoms with Gasteiger partial charge in [-0.05, 0) is 58.5 Å². The highest BCUT2D eigenvalue weighted by atomic mass is 16.2. The average molecular weight is 409 g/mol. The average Bonchev–Trinajstić information content (AvgIpc) is 3.43. The topological polar surface area (TPSA) is 73.4 Å². The lowest BCUT2D eigenvalue weighted by molar-refractivity contribution is 0.0950. The largest absolute Gasteiger partial charge is 0.378 e. The molecular formula is C25H23N5O. The molecule has 6 heteroatoms. The van der Waals surface area contributed by atoms with Gasteiger partial charge in [-0.25, -0.2) is 5.43 Å². The van der Waals surface area contributed by atoms with Gasteiger partial charge in [0.25, 0.3) is 5.91 Å². The number of carbonyl (C=O) groups is 1. The molecule has 2 N–H and O–H groups in total. The molecule has 0 unspecified atom stereocenters. The third kappa shape index (κ3) is 3.57. The number of hydrazone groups is 1. The number of aromatic nitrogens is 2. The van der Waals surface area contributed by atoms with Crippen LogP contribution in [0.5, 0.6) is 0 Å². The van der Waals surface area contributed by atoms with Gasteiger partial charge < -0.3 is 4.90 Å². The molecular weight excluding hydrogens is 386 g/mol. The molecule has 5 rings (SSSR count). The normalized spacial score (nSPS) is 12.6. The van der Waals surface area contributed by atoms with Crippen LogP contribution in [-0.2, 0) is 12.8 Å². The molecule has 0 aliphatic heterocycles. The number of carbonyl (C=O) groups excluding carboxylic acids is 1. The van der Waals surface area contributed by atoms with Crippen molar-refractivity contribution in [3.05, 3.63) is 83.0 Å². The van der Waals surface area contributed by atoms with E-state index in [0.717, 1.165) is 35.3 Å². The van der Waals surface area contributed by atoms with Gasteiger partial charge in [0.1, 0.15) is 5.69 Å². The Bertz CT molecular complexity index is 1290. The molecule has 0 fully saturated rings. The second kappa shape index (κ2) is 7.72. The Morgan fingerprint density at radius 3 is 2.61 bits per heavy atom. The monoisotopic (exact) mass is 409 g/mol. The summed E-state index contributed by atoms with van der Waals surface area (Å²) in [7, 11) is 3.98. The maximum Gasteiger partial charge on any atom is 0.289 e. The molecule has 1 aliphatic carbocycles. The highest BCUT2D eigenvalue weighted by molar-refractivity contribution is 6.02. The molecule has 1 aliphatic rings. The fourth-order valence-electron chi connectivity index (χ4n) is 4.13. The fourth-order valence-corrected chi connectivity index (χ4v) is 4.13. The third-order valence-electron chi connectivity index (χ3n) is 5.76. The summed E-state index contributed by atoms with van der Waals surface area (Å²) in [5, 5.41) is 13.8. The molecule has 0 radical (unpaired) electrons. The Kier molecular flexibility index (Phi) is 4.75. The summed E-state index contributed by atoms with van der Waals surface area (Å²) in [5.74, 6) is -0.328. The highest BCUT2D eigenvalue weighted by Crippen LogP contribution is 2.36. The van der Waals surface area contributed by atoms with Gasteiger partial charge in [-0.2, -0.15) is 10.2 Å². The highest BCUT2D eigenvalue weighted by Gasteiger charge is 2.18. The Labute approximate surface area is 180 Å². The smallest absolute Gasteiger partial charge is 0.289 e. The van der Waals surface area contributed by atoms with Crippen LogP contribution in [0.2, 0.25) is 0 Å². The first-order chi connectivity index (χ1) is 15.1. The van der Waals surface area contributed by atoms with Crippen molar-refractivity contribution in [3.8, 4) is 11.3 Å². The molecule has 0 saturated carbocycles. The van der Waals surface area contributed by atoms with Crippen LogP contribution in [0.4, 0.5) is 5.69 Å². The lowest BCUT2D eigenvalue weighted by Gasteiger charge is -2.11. The molecule has 1 heterocycles. The molecule has 1 aromatic heterocycles. The van der Waals surface area contributed by atoms with Crippen LogP contribution in [0.25, 0.3) is 22.0 Å². The van der Waals surface area contributed by atoms with Crippen LogP contribution in [0.3, 0.4) is 0 Å². The number of aromatic amines is 1. The van der Waals surface area contributed by atoms with Crippen molar-refractivity contribution < 1.29 is 4.79 Å². The molecule has 0 spiro atoms. The molecule has 0 bridgehead atoms. The van der Waals surface area contributed by atoms with Crippen LogP contribution in [0.1, 0.15) is 27.2 Å². The Hall–Kier alpha value is -3.93. The second-order valence-electron chi connectivity index (χ2n) is 7.96. The van der Waals surface area contributed by atoms with Gasteiger partial charge in [-0.3, -0.25) is 9.89 Å². The quantitative estimate of drug-likeness (QED) is 0.384. The summed E-state index contributed by atoms with van der Waals surface area (Å²) < 4.78 is 0. The number of amides is 1. The number of aryl methyl sites for hydroxylation is 2. The lowest BCUT2D eigenvalue weighted by atomic mass is 9.98. The van der Waals surface area contributed by atoms with Crippen LogP contribution in [-0.4, -0.2) is 36.4 Å². The predicted molar refractivity (Wildman–Crippen MR) is 125 cm³/mol. The van der Waals surface area contributed by atoms with Crippen molar-refractivity contribution in [2.45, 2.75) is 12.8 Å². The lowest BCUT2D eigenvalue weighted by Crippen LogP contribution is -2.18. The number of rotatable bonds is 5. The number of hydrogen-bond donors (Lipinski definition) is 2. The Morgan fingerprint density at radius 2 is 1.84 bits per heavy atom. The first-order valence-electron chi connectivity index (χ1n) is 10.3. The van der Waals surface area contributed by atoms with Crippen LogP contribution in [0, 0.1) is 0 Å². The first-order valence-corrected chi connectivity index (χ1v) is 10.3. The van der Waals surface area contributed by atoms with Crippen molar-refractivity contribution in [2.75, 3.05) is 19.0 Å². The number of nitrogens with zero attached hydrogens (tertiary/aromatic N) is 3. The van der Waals surface area contributed by atoms with E-state index < -0.39 is 0 Å². The number of anilines is 1. The Balaban J connectivity index is 1.33. The van der Waals surface area contributed by atoms with E-state index in [9.17, 15) is 4.79 Å². The zero-order valence-electron chi connectivity index (χ0n) is 17.5. The van der Waals surface area contributed by atoms with Crippen molar-refractivity contribution in [3.63, 3.8) is 0 Å². The predicted octanol–water partition coefficient (Wildman–Crippen LogP) is 4.16. The molecule has 6 nitrogen and oxygen atoms in total. The van der Waals surface area contributed by atoms with Gasteiger partial charge in [0.05, 0.1) is 11.9 Å².